The third-order valence-electron chi connectivity index (χ3n) is 3.72. The SMILES string of the molecule is CCS(=O)(=O)c1ccc(NC(=O)C2(C)CCCN2)cc1. The molecule has 1 atom stereocenters. The lowest BCUT2D eigenvalue weighted by molar-refractivity contribution is -0.121. The lowest BCUT2D eigenvalue weighted by Gasteiger charge is -2.23. The van der Waals surface area contributed by atoms with Gasteiger partial charge in [0.25, 0.3) is 0 Å². The average molecular weight is 296 g/mol. The van der Waals surface area contributed by atoms with Crippen LogP contribution in [0.15, 0.2) is 29.2 Å². The van der Waals surface area contributed by atoms with Crippen LogP contribution in [0.2, 0.25) is 0 Å². The number of nitrogens with one attached hydrogen (secondary N) is 2. The molecule has 2 rings (SSSR count). The Bertz CT molecular complexity index is 587. The van der Waals surface area contributed by atoms with Crippen molar-refractivity contribution >= 4 is 21.4 Å². The lowest BCUT2D eigenvalue weighted by atomic mass is 9.99. The van der Waals surface area contributed by atoms with Gasteiger partial charge in [0, 0.05) is 5.69 Å². The van der Waals surface area contributed by atoms with Gasteiger partial charge in [-0.25, -0.2) is 8.42 Å². The fourth-order valence-electron chi connectivity index (χ4n) is 2.27. The first-order valence-electron chi connectivity index (χ1n) is 6.77. The molecule has 2 N–H and O–H groups in total. The Morgan fingerprint density at radius 2 is 2.00 bits per heavy atom. The molecular weight excluding hydrogens is 276 g/mol. The Labute approximate surface area is 119 Å². The number of hydrogen-bond acceptors (Lipinski definition) is 4. The summed E-state index contributed by atoms with van der Waals surface area (Å²) in [6.45, 7) is 4.33. The van der Waals surface area contributed by atoms with Crippen LogP contribution in [0, 0.1) is 0 Å². The second-order valence-electron chi connectivity index (χ2n) is 5.24. The lowest BCUT2D eigenvalue weighted by Crippen LogP contribution is -2.47. The molecule has 110 valence electrons. The molecule has 1 saturated heterocycles. The van der Waals surface area contributed by atoms with Crippen molar-refractivity contribution < 1.29 is 13.2 Å². The van der Waals surface area contributed by atoms with E-state index < -0.39 is 15.4 Å². The third kappa shape index (κ3) is 3.02. The number of anilines is 1. The quantitative estimate of drug-likeness (QED) is 0.884. The first-order valence-corrected chi connectivity index (χ1v) is 8.42. The molecule has 1 aromatic carbocycles. The maximum atomic E-state index is 12.2. The van der Waals surface area contributed by atoms with Gasteiger partial charge in [0.05, 0.1) is 16.2 Å². The van der Waals surface area contributed by atoms with Gasteiger partial charge in [-0.15, -0.1) is 0 Å². The summed E-state index contributed by atoms with van der Waals surface area (Å²) in [6, 6.07) is 6.30. The maximum Gasteiger partial charge on any atom is 0.244 e. The van der Waals surface area contributed by atoms with Gasteiger partial charge in [-0.3, -0.25) is 4.79 Å². The summed E-state index contributed by atoms with van der Waals surface area (Å²) >= 11 is 0. The van der Waals surface area contributed by atoms with Crippen LogP contribution in [0.1, 0.15) is 26.7 Å². The Hall–Kier alpha value is -1.40. The zero-order chi connectivity index (χ0) is 14.8. The van der Waals surface area contributed by atoms with Crippen molar-refractivity contribution in [3.8, 4) is 0 Å². The highest BCUT2D eigenvalue weighted by Gasteiger charge is 2.35. The molecule has 1 heterocycles. The fraction of sp³-hybridized carbons (Fsp3) is 0.500. The number of amides is 1. The van der Waals surface area contributed by atoms with Crippen molar-refractivity contribution in [1.82, 2.24) is 5.32 Å². The molecule has 5 nitrogen and oxygen atoms in total. The summed E-state index contributed by atoms with van der Waals surface area (Å²) in [5, 5.41) is 6.01. The molecule has 1 unspecified atom stereocenters. The van der Waals surface area contributed by atoms with Crippen molar-refractivity contribution in [3.63, 3.8) is 0 Å². The summed E-state index contributed by atoms with van der Waals surface area (Å²) < 4.78 is 23.4. The molecule has 0 aromatic heterocycles. The fourth-order valence-corrected chi connectivity index (χ4v) is 3.15. The minimum atomic E-state index is -3.20. The smallest absolute Gasteiger partial charge is 0.244 e. The standard InChI is InChI=1S/C14H20N2O3S/c1-3-20(18,19)12-7-5-11(6-8-12)16-13(17)14(2)9-4-10-15-14/h5-8,15H,3-4,9-10H2,1-2H3,(H,16,17). The summed E-state index contributed by atoms with van der Waals surface area (Å²) in [4.78, 5) is 12.5. The molecule has 20 heavy (non-hydrogen) atoms. The number of rotatable bonds is 4. The van der Waals surface area contributed by atoms with Crippen LogP contribution in [0.3, 0.4) is 0 Å². The molecule has 6 heteroatoms. The summed E-state index contributed by atoms with van der Waals surface area (Å²) in [6.07, 6.45) is 1.79. The molecule has 1 amide bonds. The van der Waals surface area contributed by atoms with Gasteiger partial charge in [-0.05, 0) is 50.6 Å². The molecule has 1 aliphatic heterocycles. The highest BCUT2D eigenvalue weighted by Crippen LogP contribution is 2.21. The van der Waals surface area contributed by atoms with Gasteiger partial charge in [-0.1, -0.05) is 6.92 Å². The molecular formula is C14H20N2O3S. The second-order valence-corrected chi connectivity index (χ2v) is 7.52. The van der Waals surface area contributed by atoms with E-state index >= 15 is 0 Å². The molecule has 1 aromatic rings. The Morgan fingerprint density at radius 1 is 1.35 bits per heavy atom. The van der Waals surface area contributed by atoms with Crippen LogP contribution >= 0.6 is 0 Å². The predicted molar refractivity (Wildman–Crippen MR) is 78.4 cm³/mol. The van der Waals surface area contributed by atoms with E-state index in [0.717, 1.165) is 19.4 Å². The number of sulfone groups is 1. The Morgan fingerprint density at radius 3 is 2.50 bits per heavy atom. The van der Waals surface area contributed by atoms with Gasteiger partial charge < -0.3 is 10.6 Å². The second kappa shape index (κ2) is 5.54. The summed E-state index contributed by atoms with van der Waals surface area (Å²) in [7, 11) is -3.20. The van der Waals surface area contributed by atoms with Crippen LogP contribution in [0.25, 0.3) is 0 Å². The largest absolute Gasteiger partial charge is 0.324 e. The van der Waals surface area contributed by atoms with E-state index in [2.05, 4.69) is 10.6 Å². The molecule has 0 aliphatic carbocycles. The monoisotopic (exact) mass is 296 g/mol. The van der Waals surface area contributed by atoms with E-state index in [1.54, 1.807) is 19.1 Å². The Balaban J connectivity index is 2.10. The van der Waals surface area contributed by atoms with E-state index in [1.807, 2.05) is 6.92 Å². The van der Waals surface area contributed by atoms with E-state index in [1.165, 1.54) is 12.1 Å². The number of hydrogen-bond donors (Lipinski definition) is 2. The van der Waals surface area contributed by atoms with Crippen LogP contribution in [-0.4, -0.2) is 32.2 Å². The number of benzene rings is 1. The summed E-state index contributed by atoms with van der Waals surface area (Å²) in [5.74, 6) is -0.0122. The van der Waals surface area contributed by atoms with Gasteiger partial charge >= 0.3 is 0 Å². The van der Waals surface area contributed by atoms with E-state index in [9.17, 15) is 13.2 Å². The van der Waals surface area contributed by atoms with Crippen molar-refractivity contribution in [2.24, 2.45) is 0 Å². The van der Waals surface area contributed by atoms with Crippen molar-refractivity contribution in [2.45, 2.75) is 37.1 Å². The minimum absolute atomic E-state index is 0.0701. The van der Waals surface area contributed by atoms with Gasteiger partial charge in [0.15, 0.2) is 9.84 Å². The van der Waals surface area contributed by atoms with E-state index in [0.29, 0.717) is 5.69 Å². The molecule has 0 radical (unpaired) electrons. The predicted octanol–water partition coefficient (Wildman–Crippen LogP) is 1.56. The Kier molecular flexibility index (Phi) is 4.15. The van der Waals surface area contributed by atoms with Crippen LogP contribution < -0.4 is 10.6 Å². The molecule has 0 spiro atoms. The number of carbonyl (C=O) groups excluding carboxylic acids is 1. The first kappa shape index (κ1) is 15.0. The van der Waals surface area contributed by atoms with Crippen molar-refractivity contribution in [2.75, 3.05) is 17.6 Å². The first-order chi connectivity index (χ1) is 9.37. The van der Waals surface area contributed by atoms with Crippen molar-refractivity contribution in [1.29, 1.82) is 0 Å². The average Bonchev–Trinajstić information content (AvgIpc) is 2.88. The minimum Gasteiger partial charge on any atom is -0.324 e. The molecule has 0 saturated carbocycles. The van der Waals surface area contributed by atoms with Crippen LogP contribution in [0.4, 0.5) is 5.69 Å². The highest BCUT2D eigenvalue weighted by atomic mass is 32.2. The highest BCUT2D eigenvalue weighted by molar-refractivity contribution is 7.91. The zero-order valence-corrected chi connectivity index (χ0v) is 12.6. The number of carbonyl (C=O) groups is 1. The van der Waals surface area contributed by atoms with Gasteiger partial charge in [0.2, 0.25) is 5.91 Å². The molecule has 0 bridgehead atoms. The zero-order valence-electron chi connectivity index (χ0n) is 11.8. The molecule has 1 aliphatic rings. The third-order valence-corrected chi connectivity index (χ3v) is 5.47. The normalized spacial score (nSPS) is 22.7. The van der Waals surface area contributed by atoms with Gasteiger partial charge in [-0.2, -0.15) is 0 Å². The summed E-state index contributed by atoms with van der Waals surface area (Å²) in [5.41, 5.74) is 0.0775. The topological polar surface area (TPSA) is 75.3 Å². The van der Waals surface area contributed by atoms with E-state index in [-0.39, 0.29) is 16.6 Å². The van der Waals surface area contributed by atoms with Crippen LogP contribution in [-0.2, 0) is 14.6 Å². The van der Waals surface area contributed by atoms with Gasteiger partial charge in [0.1, 0.15) is 0 Å². The van der Waals surface area contributed by atoms with Crippen molar-refractivity contribution in [3.05, 3.63) is 24.3 Å². The van der Waals surface area contributed by atoms with E-state index in [4.69, 9.17) is 0 Å². The maximum absolute atomic E-state index is 12.2. The molecule has 1 fully saturated rings. The van der Waals surface area contributed by atoms with Crippen LogP contribution in [0.5, 0.6) is 0 Å².